The maximum atomic E-state index is 15.5. The Morgan fingerprint density at radius 1 is 1.21 bits per heavy atom. The fraction of sp³-hybridized carbons (Fsp3) is 0.386. The van der Waals surface area contributed by atoms with E-state index in [1.165, 1.54) is 13.0 Å². The molecule has 5 rings (SSSR count). The Balaban J connectivity index is 0.000000372. The molecule has 0 radical (unpaired) electrons. The van der Waals surface area contributed by atoms with Gasteiger partial charge in [0.2, 0.25) is 0 Å². The lowest BCUT2D eigenvalue weighted by atomic mass is 9.91. The maximum absolute atomic E-state index is 15.5. The van der Waals surface area contributed by atoms with E-state index < -0.39 is 17.3 Å². The average molecular weight is 743 g/mol. The van der Waals surface area contributed by atoms with Gasteiger partial charge in [-0.05, 0) is 98.2 Å². The highest BCUT2D eigenvalue weighted by Crippen LogP contribution is 2.42. The maximum Gasteiger partial charge on any atom is 0.252 e. The van der Waals surface area contributed by atoms with E-state index in [0.717, 1.165) is 50.2 Å². The SMILES string of the molecule is C=CCc1nc2cc(-c3cccc(CC(=CC)c4ccc(C)c(C#N)c4)c3)c(C(C)(F)P)cc2n1C.CC.CC(=O)/C=C/CNC1CC(C)C(F)(F)C1. The summed E-state index contributed by atoms with van der Waals surface area (Å²) in [5.74, 6) is -2.22. The number of aryl methyl sites for hydroxylation is 2. The van der Waals surface area contributed by atoms with Gasteiger partial charge in [0.1, 0.15) is 11.2 Å². The molecule has 9 heteroatoms. The van der Waals surface area contributed by atoms with Crippen LogP contribution in [0.5, 0.6) is 0 Å². The molecule has 0 aliphatic heterocycles. The van der Waals surface area contributed by atoms with E-state index in [4.69, 9.17) is 4.98 Å². The van der Waals surface area contributed by atoms with Crippen molar-refractivity contribution < 1.29 is 18.0 Å². The predicted octanol–water partition coefficient (Wildman–Crippen LogP) is 11.0. The zero-order chi connectivity index (χ0) is 39.5. The van der Waals surface area contributed by atoms with Crippen molar-refractivity contribution in [2.24, 2.45) is 13.0 Å². The zero-order valence-corrected chi connectivity index (χ0v) is 33.5. The summed E-state index contributed by atoms with van der Waals surface area (Å²) in [4.78, 5) is 15.3. The van der Waals surface area contributed by atoms with Crippen LogP contribution in [0, 0.1) is 24.2 Å². The third-order valence-corrected chi connectivity index (χ3v) is 9.74. The van der Waals surface area contributed by atoms with Crippen molar-refractivity contribution in [2.75, 3.05) is 6.54 Å². The highest BCUT2D eigenvalue weighted by molar-refractivity contribution is 7.18. The van der Waals surface area contributed by atoms with Crippen molar-refractivity contribution in [2.45, 2.75) is 91.5 Å². The third kappa shape index (κ3) is 11.3. The normalized spacial score (nSPS) is 17.7. The summed E-state index contributed by atoms with van der Waals surface area (Å²) >= 11 is 0. The van der Waals surface area contributed by atoms with Crippen LogP contribution in [-0.2, 0) is 30.1 Å². The average Bonchev–Trinajstić information content (AvgIpc) is 3.57. The molecule has 282 valence electrons. The summed E-state index contributed by atoms with van der Waals surface area (Å²) in [6, 6.07) is 20.3. The third-order valence-electron chi connectivity index (χ3n) is 9.43. The minimum absolute atomic E-state index is 0.0260. The molecule has 5 nitrogen and oxygen atoms in total. The van der Waals surface area contributed by atoms with Crippen LogP contribution < -0.4 is 5.32 Å². The number of hydrogen-bond donors (Lipinski definition) is 1. The molecule has 1 fully saturated rings. The van der Waals surface area contributed by atoms with Gasteiger partial charge < -0.3 is 9.88 Å². The number of aromatic nitrogens is 2. The molecule has 3 aromatic carbocycles. The lowest BCUT2D eigenvalue weighted by molar-refractivity contribution is -0.112. The number of halogens is 3. The molecule has 1 aliphatic rings. The standard InChI is InChI=1S/C31H31FN3P.C11H17F2NO.C2H6/c1-6-9-30-34-28-17-26(27(31(4,32)36)18-29(28)35(30)5)24-11-8-10-21(15-24)14-22(7-2)23-13-12-20(3)25(16-23)19-33;1-8-6-10(7-11(8,12)13)14-5-3-4-9(2)15;1-2/h6-8,10-13,15-18H,1,9,14,36H2,2-5H3;3-4,8,10,14H,5-7H2,1-2H3;1-2H3/b;4-3+;. The Labute approximate surface area is 316 Å². The number of carbonyl (C=O) groups excluding carboxylic acids is 1. The van der Waals surface area contributed by atoms with Crippen LogP contribution in [0.15, 0.2) is 85.5 Å². The summed E-state index contributed by atoms with van der Waals surface area (Å²) in [7, 11) is 4.29. The van der Waals surface area contributed by atoms with Crippen molar-refractivity contribution in [3.63, 3.8) is 0 Å². The van der Waals surface area contributed by atoms with E-state index in [1.807, 2.05) is 81.8 Å². The first-order chi connectivity index (χ1) is 25.1. The Hall–Kier alpha value is -4.31. The molecule has 4 unspecified atom stereocenters. The van der Waals surface area contributed by atoms with Gasteiger partial charge in [-0.2, -0.15) is 5.26 Å². The Morgan fingerprint density at radius 3 is 2.51 bits per heavy atom. The van der Waals surface area contributed by atoms with Gasteiger partial charge >= 0.3 is 0 Å². The number of allylic oxidation sites excluding steroid dienone is 4. The van der Waals surface area contributed by atoms with E-state index >= 15 is 4.39 Å². The van der Waals surface area contributed by atoms with Crippen molar-refractivity contribution in [1.82, 2.24) is 14.9 Å². The number of benzene rings is 3. The van der Waals surface area contributed by atoms with E-state index in [0.29, 0.717) is 36.9 Å². The molecule has 0 bridgehead atoms. The van der Waals surface area contributed by atoms with Gasteiger partial charge in [-0.1, -0.05) is 84.6 Å². The second kappa shape index (κ2) is 19.1. The summed E-state index contributed by atoms with van der Waals surface area (Å²) in [5, 5.41) is 10.9. The highest BCUT2D eigenvalue weighted by Gasteiger charge is 2.45. The monoisotopic (exact) mass is 742 g/mol. The van der Waals surface area contributed by atoms with Crippen molar-refractivity contribution in [3.05, 3.63) is 119 Å². The number of ketones is 1. The number of alkyl halides is 3. The first kappa shape index (κ1) is 43.1. The van der Waals surface area contributed by atoms with Crippen LogP contribution in [0.2, 0.25) is 0 Å². The van der Waals surface area contributed by atoms with E-state index in [1.54, 1.807) is 19.9 Å². The molecule has 4 atom stereocenters. The van der Waals surface area contributed by atoms with Crippen molar-refractivity contribution in [1.29, 1.82) is 5.26 Å². The fourth-order valence-corrected chi connectivity index (χ4v) is 6.69. The van der Waals surface area contributed by atoms with Gasteiger partial charge in [-0.15, -0.1) is 6.58 Å². The molecule has 1 aliphatic carbocycles. The molecule has 1 N–H and O–H groups in total. The number of rotatable bonds is 11. The lowest BCUT2D eigenvalue weighted by Crippen LogP contribution is -2.28. The molecule has 0 amide bonds. The second-order valence-corrected chi connectivity index (χ2v) is 14.7. The number of nitrogens with zero attached hydrogens (tertiary/aromatic N) is 3. The molecule has 1 saturated carbocycles. The van der Waals surface area contributed by atoms with Gasteiger partial charge in [-0.25, -0.2) is 18.2 Å². The smallest absolute Gasteiger partial charge is 0.252 e. The Kier molecular flexibility index (Phi) is 15.6. The van der Waals surface area contributed by atoms with Crippen LogP contribution in [0.1, 0.15) is 88.0 Å². The highest BCUT2D eigenvalue weighted by atomic mass is 31.0. The minimum Gasteiger partial charge on any atom is -0.331 e. The molecule has 1 heterocycles. The van der Waals surface area contributed by atoms with Crippen LogP contribution in [0.25, 0.3) is 27.7 Å². The van der Waals surface area contributed by atoms with Gasteiger partial charge in [0.15, 0.2) is 5.78 Å². The molecular formula is C44H54F3N4OP. The molecule has 0 saturated heterocycles. The largest absolute Gasteiger partial charge is 0.331 e. The zero-order valence-electron chi connectivity index (χ0n) is 32.4. The first-order valence-corrected chi connectivity index (χ1v) is 18.8. The Bertz CT molecular complexity index is 2000. The van der Waals surface area contributed by atoms with Gasteiger partial charge in [0, 0.05) is 44.0 Å². The van der Waals surface area contributed by atoms with E-state index in [9.17, 15) is 18.8 Å². The van der Waals surface area contributed by atoms with E-state index in [-0.39, 0.29) is 18.2 Å². The fourth-order valence-electron chi connectivity index (χ4n) is 6.45. The lowest BCUT2D eigenvalue weighted by Gasteiger charge is -2.20. The minimum atomic E-state index is -2.54. The first-order valence-electron chi connectivity index (χ1n) is 18.2. The van der Waals surface area contributed by atoms with Crippen LogP contribution in [0.3, 0.4) is 0 Å². The number of nitriles is 1. The molecule has 4 aromatic rings. The molecule has 1 aromatic heterocycles. The quantitative estimate of drug-likeness (QED) is 0.0944. The number of fused-ring (bicyclic) bond motifs is 1. The molecule has 53 heavy (non-hydrogen) atoms. The molecule has 0 spiro atoms. The van der Waals surface area contributed by atoms with Crippen LogP contribution >= 0.6 is 9.24 Å². The predicted molar refractivity (Wildman–Crippen MR) is 218 cm³/mol. The number of carbonyl (C=O) groups is 1. The number of imidazole rings is 1. The van der Waals surface area contributed by atoms with Crippen LogP contribution in [0.4, 0.5) is 13.2 Å². The van der Waals surface area contributed by atoms with Gasteiger partial charge in [0.25, 0.3) is 5.92 Å². The Morgan fingerprint density at radius 2 is 1.92 bits per heavy atom. The summed E-state index contributed by atoms with van der Waals surface area (Å²) in [5.41, 5.74) is 9.07. The summed E-state index contributed by atoms with van der Waals surface area (Å²) < 4.78 is 43.7. The van der Waals surface area contributed by atoms with Crippen molar-refractivity contribution in [3.8, 4) is 17.2 Å². The van der Waals surface area contributed by atoms with Gasteiger partial charge in [0.05, 0.1) is 22.7 Å². The van der Waals surface area contributed by atoms with Gasteiger partial charge in [-0.3, -0.25) is 4.79 Å². The number of nitrogens with one attached hydrogen (secondary N) is 1. The topological polar surface area (TPSA) is 70.7 Å². The summed E-state index contributed by atoms with van der Waals surface area (Å²) in [6.07, 6.45) is 8.80. The van der Waals surface area contributed by atoms with Crippen LogP contribution in [-0.4, -0.2) is 33.8 Å². The second-order valence-electron chi connectivity index (χ2n) is 13.6. The van der Waals surface area contributed by atoms with Crippen molar-refractivity contribution >= 4 is 31.6 Å². The number of hydrogen-bond acceptors (Lipinski definition) is 4. The summed E-state index contributed by atoms with van der Waals surface area (Å²) in [6.45, 7) is 16.9. The molecular weight excluding hydrogens is 688 g/mol. The van der Waals surface area contributed by atoms with E-state index in [2.05, 4.69) is 51.5 Å².